The molecule has 20 heavy (non-hydrogen) atoms. The molecule has 3 aliphatic rings. The van der Waals surface area contributed by atoms with Gasteiger partial charge in [0.05, 0.1) is 17.1 Å². The van der Waals surface area contributed by atoms with Gasteiger partial charge in [0.15, 0.2) is 0 Å². The van der Waals surface area contributed by atoms with Gasteiger partial charge in [-0.2, -0.15) is 0 Å². The minimum absolute atomic E-state index is 0.0212. The molecule has 106 valence electrons. The first kappa shape index (κ1) is 12.3. The Balaban J connectivity index is 1.55. The molecule has 1 aromatic rings. The molecule has 0 saturated heterocycles. The van der Waals surface area contributed by atoms with Crippen molar-refractivity contribution in [3.63, 3.8) is 0 Å². The summed E-state index contributed by atoms with van der Waals surface area (Å²) >= 11 is 0. The summed E-state index contributed by atoms with van der Waals surface area (Å²) in [5.41, 5.74) is 0.145. The molecule has 0 radical (unpaired) electrons. The van der Waals surface area contributed by atoms with Crippen LogP contribution in [0.5, 0.6) is 0 Å². The first-order chi connectivity index (χ1) is 9.56. The van der Waals surface area contributed by atoms with Crippen LogP contribution in [0.4, 0.5) is 4.39 Å². The Hall–Kier alpha value is -1.42. The van der Waals surface area contributed by atoms with Crippen LogP contribution >= 0.6 is 0 Å². The third-order valence-electron chi connectivity index (χ3n) is 5.43. The van der Waals surface area contributed by atoms with E-state index >= 15 is 0 Å². The fourth-order valence-electron chi connectivity index (χ4n) is 3.98. The van der Waals surface area contributed by atoms with Crippen molar-refractivity contribution in [1.82, 2.24) is 5.32 Å². The van der Waals surface area contributed by atoms with Gasteiger partial charge in [0.2, 0.25) is 5.91 Å². The molecule has 0 bridgehead atoms. The zero-order chi connectivity index (χ0) is 14.0. The van der Waals surface area contributed by atoms with E-state index in [0.717, 1.165) is 5.56 Å². The summed E-state index contributed by atoms with van der Waals surface area (Å²) in [5, 5.41) is 12.8. The van der Waals surface area contributed by atoms with Crippen molar-refractivity contribution in [2.75, 3.05) is 0 Å². The number of hydrogen-bond acceptors (Lipinski definition) is 2. The standard InChI is InChI=1S/C16H18FNO2/c17-13-9-15(8-12(13)15)14(20)18-16(6-11(19)7-16)10-4-2-1-3-5-10/h1-5,11-13,19H,6-9H2,(H,18,20)/t11?,12-,13+,15-,16?/m0/s1. The predicted molar refractivity (Wildman–Crippen MR) is 71.6 cm³/mol. The Morgan fingerprint density at radius 3 is 2.40 bits per heavy atom. The van der Waals surface area contributed by atoms with Crippen LogP contribution in [-0.2, 0) is 10.3 Å². The van der Waals surface area contributed by atoms with Crippen LogP contribution in [0.1, 0.15) is 31.2 Å². The molecular weight excluding hydrogens is 257 g/mol. The summed E-state index contributed by atoms with van der Waals surface area (Å²) in [6.45, 7) is 0. The highest BCUT2D eigenvalue weighted by Gasteiger charge is 2.73. The third-order valence-corrected chi connectivity index (χ3v) is 5.43. The lowest BCUT2D eigenvalue weighted by atomic mass is 9.69. The van der Waals surface area contributed by atoms with E-state index in [0.29, 0.717) is 25.7 Å². The number of aliphatic hydroxyl groups excluding tert-OH is 1. The van der Waals surface area contributed by atoms with Gasteiger partial charge in [0.1, 0.15) is 6.17 Å². The molecule has 3 aliphatic carbocycles. The Bertz CT molecular complexity index is 555. The second-order valence-corrected chi connectivity index (χ2v) is 6.65. The van der Waals surface area contributed by atoms with Gasteiger partial charge in [-0.25, -0.2) is 4.39 Å². The fourth-order valence-corrected chi connectivity index (χ4v) is 3.98. The Labute approximate surface area is 117 Å². The largest absolute Gasteiger partial charge is 0.393 e. The maximum atomic E-state index is 13.3. The lowest BCUT2D eigenvalue weighted by molar-refractivity contribution is -0.136. The van der Waals surface area contributed by atoms with Gasteiger partial charge in [0, 0.05) is 18.8 Å². The van der Waals surface area contributed by atoms with E-state index in [-0.39, 0.29) is 17.9 Å². The quantitative estimate of drug-likeness (QED) is 0.885. The van der Waals surface area contributed by atoms with Crippen LogP contribution in [0, 0.1) is 11.3 Å². The van der Waals surface area contributed by atoms with Gasteiger partial charge >= 0.3 is 0 Å². The molecule has 0 aromatic heterocycles. The molecule has 0 spiro atoms. The second-order valence-electron chi connectivity index (χ2n) is 6.65. The zero-order valence-corrected chi connectivity index (χ0v) is 11.2. The van der Waals surface area contributed by atoms with Gasteiger partial charge in [-0.15, -0.1) is 0 Å². The average molecular weight is 275 g/mol. The fraction of sp³-hybridized carbons (Fsp3) is 0.562. The summed E-state index contributed by atoms with van der Waals surface area (Å²) in [6, 6.07) is 9.77. The number of amides is 1. The van der Waals surface area contributed by atoms with Gasteiger partial charge in [-0.3, -0.25) is 4.79 Å². The smallest absolute Gasteiger partial charge is 0.227 e. The van der Waals surface area contributed by atoms with Crippen LogP contribution in [0.3, 0.4) is 0 Å². The number of nitrogens with one attached hydrogen (secondary N) is 1. The highest BCUT2D eigenvalue weighted by Crippen LogP contribution is 2.69. The molecule has 4 heteroatoms. The van der Waals surface area contributed by atoms with Gasteiger partial charge in [0.25, 0.3) is 0 Å². The Morgan fingerprint density at radius 1 is 1.20 bits per heavy atom. The summed E-state index contributed by atoms with van der Waals surface area (Å²) < 4.78 is 13.3. The van der Waals surface area contributed by atoms with E-state index in [1.54, 1.807) is 0 Å². The molecule has 0 heterocycles. The molecule has 4 rings (SSSR count). The van der Waals surface area contributed by atoms with Crippen molar-refractivity contribution >= 4 is 5.91 Å². The predicted octanol–water partition coefficient (Wildman–Crippen LogP) is 1.90. The van der Waals surface area contributed by atoms with Crippen LogP contribution < -0.4 is 5.32 Å². The second kappa shape index (κ2) is 3.82. The molecule has 3 fully saturated rings. The molecule has 3 saturated carbocycles. The lowest BCUT2D eigenvalue weighted by Crippen LogP contribution is -2.59. The van der Waals surface area contributed by atoms with Gasteiger partial charge < -0.3 is 10.4 Å². The van der Waals surface area contributed by atoms with Crippen LogP contribution in [-0.4, -0.2) is 23.3 Å². The number of aliphatic hydroxyl groups is 1. The Morgan fingerprint density at radius 2 is 1.90 bits per heavy atom. The highest BCUT2D eigenvalue weighted by molar-refractivity contribution is 5.88. The number of fused-ring (bicyclic) bond motifs is 1. The van der Waals surface area contributed by atoms with E-state index < -0.39 is 17.1 Å². The average Bonchev–Trinajstić information content (AvgIpc) is 3.04. The van der Waals surface area contributed by atoms with E-state index in [1.165, 1.54) is 0 Å². The number of benzene rings is 1. The number of carbonyl (C=O) groups is 1. The van der Waals surface area contributed by atoms with Crippen molar-refractivity contribution in [3.05, 3.63) is 35.9 Å². The normalized spacial score (nSPS) is 44.8. The molecule has 3 nitrogen and oxygen atoms in total. The van der Waals surface area contributed by atoms with E-state index in [9.17, 15) is 14.3 Å². The topological polar surface area (TPSA) is 49.3 Å². The molecule has 1 amide bonds. The molecule has 0 unspecified atom stereocenters. The van der Waals surface area contributed by atoms with Crippen molar-refractivity contribution in [2.45, 2.75) is 43.5 Å². The Kier molecular flexibility index (Phi) is 2.35. The van der Waals surface area contributed by atoms with Gasteiger partial charge in [-0.1, -0.05) is 30.3 Å². The number of halogens is 1. The van der Waals surface area contributed by atoms with Crippen LogP contribution in [0.25, 0.3) is 0 Å². The molecule has 1 aromatic carbocycles. The van der Waals surface area contributed by atoms with Crippen molar-refractivity contribution < 1.29 is 14.3 Å². The van der Waals surface area contributed by atoms with Gasteiger partial charge in [-0.05, 0) is 18.4 Å². The minimum atomic E-state index is -0.791. The van der Waals surface area contributed by atoms with Crippen LogP contribution in [0.2, 0.25) is 0 Å². The van der Waals surface area contributed by atoms with Crippen molar-refractivity contribution in [3.8, 4) is 0 Å². The summed E-state index contributed by atoms with van der Waals surface area (Å²) in [4.78, 5) is 12.5. The maximum Gasteiger partial charge on any atom is 0.227 e. The zero-order valence-electron chi connectivity index (χ0n) is 11.2. The molecule has 0 aliphatic heterocycles. The lowest BCUT2D eigenvalue weighted by Gasteiger charge is -2.47. The number of alkyl halides is 1. The van der Waals surface area contributed by atoms with E-state index in [1.807, 2.05) is 30.3 Å². The number of hydrogen-bond donors (Lipinski definition) is 2. The maximum absolute atomic E-state index is 13.3. The number of rotatable bonds is 3. The summed E-state index contributed by atoms with van der Waals surface area (Å²) in [5.74, 6) is -0.0764. The first-order valence-corrected chi connectivity index (χ1v) is 7.26. The summed E-state index contributed by atoms with van der Waals surface area (Å²) in [6.07, 6.45) is 0.994. The molecule has 3 atom stereocenters. The third kappa shape index (κ3) is 1.51. The van der Waals surface area contributed by atoms with E-state index in [4.69, 9.17) is 0 Å². The van der Waals surface area contributed by atoms with Crippen LogP contribution in [0.15, 0.2) is 30.3 Å². The number of carbonyl (C=O) groups excluding carboxylic acids is 1. The van der Waals surface area contributed by atoms with Crippen molar-refractivity contribution in [1.29, 1.82) is 0 Å². The minimum Gasteiger partial charge on any atom is -0.393 e. The molecular formula is C16H18FNO2. The monoisotopic (exact) mass is 275 g/mol. The first-order valence-electron chi connectivity index (χ1n) is 7.26. The van der Waals surface area contributed by atoms with E-state index in [2.05, 4.69) is 5.32 Å². The summed E-state index contributed by atoms with van der Waals surface area (Å²) in [7, 11) is 0. The molecule has 2 N–H and O–H groups in total. The highest BCUT2D eigenvalue weighted by atomic mass is 19.1. The SMILES string of the molecule is O=C(NC1(c2ccccc2)CC(O)C1)[C@@]12C[C@@H](F)[C@@H]1C2. The van der Waals surface area contributed by atoms with Crippen molar-refractivity contribution in [2.24, 2.45) is 11.3 Å².